The molecular weight excluding hydrogens is 302 g/mol. The lowest BCUT2D eigenvalue weighted by Gasteiger charge is -2.26. The molecule has 130 valence electrons. The van der Waals surface area contributed by atoms with Crippen molar-refractivity contribution >= 4 is 5.97 Å². The van der Waals surface area contributed by atoms with E-state index < -0.39 is 12.0 Å². The SMILES string of the molecule is Cc1nccn1CCN(C)[C@H](C(=O)O)c1ccc(C(C)(C)C)cc1. The van der Waals surface area contributed by atoms with E-state index in [1.807, 2.05) is 53.9 Å². The molecule has 1 aromatic carbocycles. The molecule has 0 aliphatic heterocycles. The van der Waals surface area contributed by atoms with Crippen LogP contribution in [0.25, 0.3) is 0 Å². The van der Waals surface area contributed by atoms with Gasteiger partial charge in [0.1, 0.15) is 11.9 Å². The molecule has 1 heterocycles. The predicted molar refractivity (Wildman–Crippen MR) is 95.1 cm³/mol. The van der Waals surface area contributed by atoms with Gasteiger partial charge in [0.15, 0.2) is 0 Å². The fourth-order valence-corrected chi connectivity index (χ4v) is 2.79. The number of carbonyl (C=O) groups is 1. The average Bonchev–Trinajstić information content (AvgIpc) is 2.90. The van der Waals surface area contributed by atoms with Gasteiger partial charge in [-0.1, -0.05) is 45.0 Å². The largest absolute Gasteiger partial charge is 0.480 e. The summed E-state index contributed by atoms with van der Waals surface area (Å²) in [6, 6.07) is 7.26. The number of benzene rings is 1. The van der Waals surface area contributed by atoms with Crippen molar-refractivity contribution in [3.63, 3.8) is 0 Å². The van der Waals surface area contributed by atoms with Crippen molar-refractivity contribution in [1.82, 2.24) is 14.5 Å². The first-order valence-corrected chi connectivity index (χ1v) is 8.21. The third kappa shape index (κ3) is 4.23. The molecule has 0 saturated carbocycles. The first-order valence-electron chi connectivity index (χ1n) is 8.21. The Labute approximate surface area is 143 Å². The van der Waals surface area contributed by atoms with Crippen molar-refractivity contribution in [2.45, 2.75) is 45.7 Å². The summed E-state index contributed by atoms with van der Waals surface area (Å²) in [7, 11) is 1.85. The Morgan fingerprint density at radius 3 is 2.38 bits per heavy atom. The Morgan fingerprint density at radius 1 is 1.29 bits per heavy atom. The number of likely N-dealkylation sites (N-methyl/N-ethyl adjacent to an activating group) is 1. The Hall–Kier alpha value is -2.14. The topological polar surface area (TPSA) is 58.4 Å². The van der Waals surface area contributed by atoms with E-state index in [1.54, 1.807) is 6.20 Å². The van der Waals surface area contributed by atoms with Crippen LogP contribution in [0.1, 0.15) is 43.8 Å². The normalized spacial score (nSPS) is 13.2. The van der Waals surface area contributed by atoms with Crippen molar-refractivity contribution in [2.75, 3.05) is 13.6 Å². The molecule has 0 aliphatic carbocycles. The average molecular weight is 329 g/mol. The molecule has 0 saturated heterocycles. The van der Waals surface area contributed by atoms with Crippen LogP contribution in [0, 0.1) is 6.92 Å². The van der Waals surface area contributed by atoms with E-state index >= 15 is 0 Å². The maximum atomic E-state index is 11.8. The van der Waals surface area contributed by atoms with Crippen LogP contribution in [0.15, 0.2) is 36.7 Å². The van der Waals surface area contributed by atoms with E-state index in [2.05, 4.69) is 25.8 Å². The molecule has 1 N–H and O–H groups in total. The van der Waals surface area contributed by atoms with E-state index in [9.17, 15) is 9.90 Å². The Morgan fingerprint density at radius 2 is 1.92 bits per heavy atom. The standard InChI is InChI=1S/C19H27N3O2/c1-14-20-10-11-22(14)13-12-21(5)17(18(23)24)15-6-8-16(9-7-15)19(2,3)4/h6-11,17H,12-13H2,1-5H3,(H,23,24)/t17-/m0/s1. The summed E-state index contributed by atoms with van der Waals surface area (Å²) in [6.07, 6.45) is 3.67. The molecule has 1 aromatic heterocycles. The highest BCUT2D eigenvalue weighted by molar-refractivity contribution is 5.75. The molecule has 0 spiro atoms. The van der Waals surface area contributed by atoms with Gasteiger partial charge in [0.05, 0.1) is 0 Å². The zero-order valence-corrected chi connectivity index (χ0v) is 15.2. The number of rotatable bonds is 6. The van der Waals surface area contributed by atoms with Gasteiger partial charge in [-0.05, 0) is 30.5 Å². The van der Waals surface area contributed by atoms with Crippen LogP contribution in [-0.2, 0) is 16.8 Å². The molecule has 0 aliphatic rings. The van der Waals surface area contributed by atoms with E-state index in [1.165, 1.54) is 5.56 Å². The summed E-state index contributed by atoms with van der Waals surface area (Å²) < 4.78 is 2.03. The Bertz CT molecular complexity index is 683. The van der Waals surface area contributed by atoms with E-state index in [4.69, 9.17) is 0 Å². The lowest BCUT2D eigenvalue weighted by molar-refractivity contribution is -0.143. The monoisotopic (exact) mass is 329 g/mol. The molecule has 5 nitrogen and oxygen atoms in total. The number of aliphatic carboxylic acids is 1. The van der Waals surface area contributed by atoms with E-state index in [0.29, 0.717) is 13.1 Å². The number of hydrogen-bond acceptors (Lipinski definition) is 3. The molecule has 2 rings (SSSR count). The summed E-state index contributed by atoms with van der Waals surface area (Å²) in [5, 5.41) is 9.68. The molecule has 0 amide bonds. The highest BCUT2D eigenvalue weighted by Crippen LogP contribution is 2.26. The lowest BCUT2D eigenvalue weighted by atomic mass is 9.86. The van der Waals surface area contributed by atoms with Crippen LogP contribution in [0.5, 0.6) is 0 Å². The van der Waals surface area contributed by atoms with Crippen LogP contribution in [0.2, 0.25) is 0 Å². The van der Waals surface area contributed by atoms with Gasteiger partial charge in [-0.2, -0.15) is 0 Å². The predicted octanol–water partition coefficient (Wildman–Crippen LogP) is 3.25. The highest BCUT2D eigenvalue weighted by Gasteiger charge is 2.25. The molecule has 5 heteroatoms. The maximum Gasteiger partial charge on any atom is 0.325 e. The van der Waals surface area contributed by atoms with Crippen LogP contribution in [-0.4, -0.2) is 39.1 Å². The molecule has 0 radical (unpaired) electrons. The number of carboxylic acid groups (broad SMARTS) is 1. The summed E-state index contributed by atoms with van der Waals surface area (Å²) in [6.45, 7) is 9.74. The second-order valence-corrected chi connectivity index (χ2v) is 7.26. The third-order valence-corrected chi connectivity index (χ3v) is 4.38. The van der Waals surface area contributed by atoms with Gasteiger partial charge in [-0.25, -0.2) is 4.98 Å². The zero-order chi connectivity index (χ0) is 17.9. The second kappa shape index (κ2) is 7.18. The van der Waals surface area contributed by atoms with Gasteiger partial charge >= 0.3 is 5.97 Å². The summed E-state index contributed by atoms with van der Waals surface area (Å²) in [5.41, 5.74) is 2.06. The molecule has 0 unspecified atom stereocenters. The Balaban J connectivity index is 2.13. The minimum atomic E-state index is -0.830. The van der Waals surface area contributed by atoms with Crippen molar-refractivity contribution in [1.29, 1.82) is 0 Å². The molecule has 24 heavy (non-hydrogen) atoms. The molecule has 0 fully saturated rings. The van der Waals surface area contributed by atoms with Crippen molar-refractivity contribution in [3.05, 3.63) is 53.6 Å². The quantitative estimate of drug-likeness (QED) is 0.884. The van der Waals surface area contributed by atoms with Crippen molar-refractivity contribution < 1.29 is 9.90 Å². The van der Waals surface area contributed by atoms with Gasteiger partial charge < -0.3 is 9.67 Å². The van der Waals surface area contributed by atoms with Crippen molar-refractivity contribution in [2.24, 2.45) is 0 Å². The number of hydrogen-bond donors (Lipinski definition) is 1. The van der Waals surface area contributed by atoms with Crippen LogP contribution < -0.4 is 0 Å². The first-order chi connectivity index (χ1) is 11.2. The Kier molecular flexibility index (Phi) is 5.44. The fraction of sp³-hybridized carbons (Fsp3) is 0.474. The second-order valence-electron chi connectivity index (χ2n) is 7.26. The number of aromatic nitrogens is 2. The smallest absolute Gasteiger partial charge is 0.325 e. The molecule has 2 aromatic rings. The summed E-state index contributed by atoms with van der Waals surface area (Å²) in [5.74, 6) is 0.105. The van der Waals surface area contributed by atoms with Crippen LogP contribution >= 0.6 is 0 Å². The summed E-state index contributed by atoms with van der Waals surface area (Å²) >= 11 is 0. The highest BCUT2D eigenvalue weighted by atomic mass is 16.4. The number of imidazole rings is 1. The van der Waals surface area contributed by atoms with Gasteiger partial charge in [0.2, 0.25) is 0 Å². The van der Waals surface area contributed by atoms with Gasteiger partial charge in [0, 0.05) is 25.5 Å². The van der Waals surface area contributed by atoms with Gasteiger partial charge in [-0.3, -0.25) is 9.69 Å². The van der Waals surface area contributed by atoms with Crippen molar-refractivity contribution in [3.8, 4) is 0 Å². The lowest BCUT2D eigenvalue weighted by Crippen LogP contribution is -2.33. The number of nitrogens with zero attached hydrogens (tertiary/aromatic N) is 3. The van der Waals surface area contributed by atoms with Crippen LogP contribution in [0.3, 0.4) is 0 Å². The van der Waals surface area contributed by atoms with E-state index in [0.717, 1.165) is 11.4 Å². The number of carboxylic acids is 1. The van der Waals surface area contributed by atoms with Gasteiger partial charge in [-0.15, -0.1) is 0 Å². The fourth-order valence-electron chi connectivity index (χ4n) is 2.79. The maximum absolute atomic E-state index is 11.8. The minimum absolute atomic E-state index is 0.0576. The minimum Gasteiger partial charge on any atom is -0.480 e. The molecule has 0 bridgehead atoms. The molecule has 1 atom stereocenters. The first kappa shape index (κ1) is 18.2. The summed E-state index contributed by atoms with van der Waals surface area (Å²) in [4.78, 5) is 17.9. The van der Waals surface area contributed by atoms with Gasteiger partial charge in [0.25, 0.3) is 0 Å². The molecular formula is C19H27N3O2. The third-order valence-electron chi connectivity index (χ3n) is 4.38. The number of aryl methyl sites for hydroxylation is 1. The van der Waals surface area contributed by atoms with Crippen LogP contribution in [0.4, 0.5) is 0 Å². The van der Waals surface area contributed by atoms with E-state index in [-0.39, 0.29) is 5.41 Å². The zero-order valence-electron chi connectivity index (χ0n) is 15.2.